The lowest BCUT2D eigenvalue weighted by Crippen LogP contribution is -2.42. The van der Waals surface area contributed by atoms with Gasteiger partial charge >= 0.3 is 27.6 Å². The first kappa shape index (κ1) is 107. The molecule has 0 radical (unpaired) electrons. The normalized spacial score (nSPS) is 13.8. The van der Waals surface area contributed by atoms with Crippen LogP contribution in [0.15, 0.2) is 24.3 Å². The van der Waals surface area contributed by atoms with Crippen molar-refractivity contribution in [3.05, 3.63) is 24.3 Å². The molecule has 0 spiro atoms. The Morgan fingerprint density at radius 1 is 0.315 bits per heavy atom. The molecule has 6 N–H and O–H groups in total. The van der Waals surface area contributed by atoms with E-state index in [1.54, 1.807) is 0 Å². The maximum atomic E-state index is 13.3. The van der Waals surface area contributed by atoms with Crippen molar-refractivity contribution in [2.24, 2.45) is 0 Å². The van der Waals surface area contributed by atoms with Gasteiger partial charge in [0.25, 0.3) is 0 Å². The lowest BCUT2D eigenvalue weighted by molar-refractivity contribution is -0.151. The third-order valence-corrected chi connectivity index (χ3v) is 21.0. The van der Waals surface area contributed by atoms with E-state index in [4.69, 9.17) is 37.0 Å². The van der Waals surface area contributed by atoms with Crippen LogP contribution in [0.3, 0.4) is 0 Å². The number of nitrogens with one attached hydrogen (secondary N) is 4. The molecule has 24 nitrogen and oxygen atoms in total. The van der Waals surface area contributed by atoms with E-state index in [9.17, 15) is 57.3 Å². The number of amides is 4. The van der Waals surface area contributed by atoms with Gasteiger partial charge in [0.1, 0.15) is 30.2 Å². The van der Waals surface area contributed by atoms with E-state index >= 15 is 0 Å². The predicted octanol–water partition coefficient (Wildman–Crippen LogP) is 19.4. The number of ether oxygens (including phenoxy) is 4. The van der Waals surface area contributed by atoms with E-state index in [1.807, 2.05) is 0 Å². The molecule has 0 saturated heterocycles. The summed E-state index contributed by atoms with van der Waals surface area (Å²) < 4.78 is 71.0. The summed E-state index contributed by atoms with van der Waals surface area (Å²) in [5.41, 5.74) is 0. The number of unbranched alkanes of at least 4 members (excludes halogenated alkanes) is 34. The smallest absolute Gasteiger partial charge is 0.462 e. The highest BCUT2D eigenvalue weighted by Gasteiger charge is 2.28. The van der Waals surface area contributed by atoms with Crippen LogP contribution < -0.4 is 21.3 Å². The third-order valence-electron chi connectivity index (χ3n) is 19.1. The summed E-state index contributed by atoms with van der Waals surface area (Å²) in [5, 5.41) is 10.2. The van der Waals surface area contributed by atoms with Gasteiger partial charge in [0, 0.05) is 51.6 Å². The second-order valence-corrected chi connectivity index (χ2v) is 32.9. The summed E-state index contributed by atoms with van der Waals surface area (Å²) in [5.74, 6) is -3.82. The number of phosphoric ester groups is 2. The van der Waals surface area contributed by atoms with Gasteiger partial charge in [0.2, 0.25) is 23.6 Å². The van der Waals surface area contributed by atoms with Crippen LogP contribution in [-0.2, 0) is 84.5 Å². The Morgan fingerprint density at radius 3 is 0.946 bits per heavy atom. The fourth-order valence-electron chi connectivity index (χ4n) is 12.5. The van der Waals surface area contributed by atoms with Crippen molar-refractivity contribution in [3.8, 4) is 0 Å². The van der Waals surface area contributed by atoms with Crippen LogP contribution in [0.25, 0.3) is 0 Å². The molecule has 26 heteroatoms. The maximum absolute atomic E-state index is 13.3. The first-order valence-electron chi connectivity index (χ1n) is 43.9. The van der Waals surface area contributed by atoms with E-state index in [-0.39, 0.29) is 75.9 Å². The number of hydrogen-bond donors (Lipinski definition) is 6. The van der Waals surface area contributed by atoms with Gasteiger partial charge in [-0.05, 0) is 89.9 Å². The van der Waals surface area contributed by atoms with Gasteiger partial charge in [-0.1, -0.05) is 258 Å². The number of phosphoric acid groups is 2. The fraction of sp³-hybridized carbons (Fsp3) is 0.859. The number of Topliss-reactive ketones (excluding diaryl/α,β-unsaturated/α-hetero) is 2. The summed E-state index contributed by atoms with van der Waals surface area (Å²) in [6.45, 7) is 10.1. The largest absolute Gasteiger partial charge is 0.472 e. The molecule has 0 rings (SSSR count). The van der Waals surface area contributed by atoms with Crippen molar-refractivity contribution in [2.75, 3.05) is 65.9 Å². The molecule has 0 aromatic rings. The van der Waals surface area contributed by atoms with E-state index in [0.29, 0.717) is 64.2 Å². The van der Waals surface area contributed by atoms with E-state index in [0.717, 1.165) is 154 Å². The number of hydrogen-bond acceptors (Lipinski definition) is 18. The average molecular weight is 1620 g/mol. The van der Waals surface area contributed by atoms with Crippen LogP contribution in [0.4, 0.5) is 0 Å². The summed E-state index contributed by atoms with van der Waals surface area (Å²) >= 11 is 0. The van der Waals surface area contributed by atoms with Crippen LogP contribution in [0.2, 0.25) is 0 Å². The van der Waals surface area contributed by atoms with Gasteiger partial charge in [0.05, 0.1) is 77.8 Å². The van der Waals surface area contributed by atoms with E-state index < -0.39 is 109 Å². The van der Waals surface area contributed by atoms with Crippen molar-refractivity contribution in [1.29, 1.82) is 0 Å². The lowest BCUT2D eigenvalue weighted by Gasteiger charge is -2.22. The Bertz CT molecular complexity index is 2330. The molecular weight excluding hydrogens is 1460 g/mol. The molecule has 0 bridgehead atoms. The molecule has 6 atom stereocenters. The minimum atomic E-state index is -4.83. The Balaban J connectivity index is 5.66. The number of allylic oxidation sites excluding steroid dienone is 4. The second kappa shape index (κ2) is 77.0. The number of ketones is 2. The molecule has 0 aliphatic heterocycles. The topological polar surface area (TPSA) is 333 Å². The zero-order chi connectivity index (χ0) is 81.8. The number of rotatable bonds is 84. The van der Waals surface area contributed by atoms with E-state index in [2.05, 4.69) is 87.1 Å². The highest BCUT2D eigenvalue weighted by molar-refractivity contribution is 7.47. The van der Waals surface area contributed by atoms with Gasteiger partial charge < -0.3 is 50.0 Å². The molecule has 0 aliphatic rings. The Kier molecular flexibility index (Phi) is 74.1. The van der Waals surface area contributed by atoms with Crippen molar-refractivity contribution in [1.82, 2.24) is 21.3 Å². The predicted molar refractivity (Wildman–Crippen MR) is 442 cm³/mol. The van der Waals surface area contributed by atoms with Crippen molar-refractivity contribution in [3.63, 3.8) is 0 Å². The Labute approximate surface area is 671 Å². The number of esters is 2. The minimum absolute atomic E-state index is 0.130. The Hall–Kier alpha value is -4.22. The van der Waals surface area contributed by atoms with Crippen molar-refractivity contribution in [2.45, 2.75) is 406 Å². The van der Waals surface area contributed by atoms with Crippen LogP contribution in [0, 0.1) is 0 Å². The lowest BCUT2D eigenvalue weighted by atomic mass is 10.0. The van der Waals surface area contributed by atoms with Crippen LogP contribution in [0.5, 0.6) is 0 Å². The molecular formula is C85H158N4O20P2. The van der Waals surface area contributed by atoms with Gasteiger partial charge in [-0.25, -0.2) is 9.13 Å². The zero-order valence-corrected chi connectivity index (χ0v) is 72.1. The van der Waals surface area contributed by atoms with Gasteiger partial charge in [0.15, 0.2) is 0 Å². The van der Waals surface area contributed by atoms with Gasteiger partial charge in [-0.15, -0.1) is 0 Å². The number of carbonyl (C=O) groups excluding carboxylic acids is 8. The summed E-state index contributed by atoms with van der Waals surface area (Å²) in [7, 11) is -9.66. The second-order valence-electron chi connectivity index (χ2n) is 30.0. The quantitative estimate of drug-likeness (QED) is 0.0108. The summed E-state index contributed by atoms with van der Waals surface area (Å²) in [6.07, 6.45) is 53.7. The molecule has 0 aromatic carbocycles. The van der Waals surface area contributed by atoms with Crippen LogP contribution in [0.1, 0.15) is 382 Å². The van der Waals surface area contributed by atoms with E-state index in [1.165, 1.54) is 89.9 Å². The number of carbonyl (C=O) groups is 8. The molecule has 0 fully saturated rings. The fourth-order valence-corrected chi connectivity index (χ4v) is 14.0. The highest BCUT2D eigenvalue weighted by Crippen LogP contribution is 2.44. The van der Waals surface area contributed by atoms with Gasteiger partial charge in [-0.3, -0.25) is 56.5 Å². The molecule has 648 valence electrons. The molecule has 4 amide bonds. The molecule has 2 unspecified atom stereocenters. The van der Waals surface area contributed by atoms with Crippen molar-refractivity contribution < 1.29 is 94.3 Å². The minimum Gasteiger partial charge on any atom is -0.462 e. The maximum Gasteiger partial charge on any atom is 0.472 e. The molecule has 0 aliphatic carbocycles. The monoisotopic (exact) mass is 1620 g/mol. The third kappa shape index (κ3) is 74.4. The summed E-state index contributed by atoms with van der Waals surface area (Å²) in [6, 6.07) is -2.00. The first-order chi connectivity index (χ1) is 53.7. The Morgan fingerprint density at radius 2 is 0.613 bits per heavy atom. The molecule has 111 heavy (non-hydrogen) atoms. The highest BCUT2D eigenvalue weighted by atomic mass is 31.2. The summed E-state index contributed by atoms with van der Waals surface area (Å²) in [4.78, 5) is 125. The average Bonchev–Trinajstić information content (AvgIpc) is 0.911. The van der Waals surface area contributed by atoms with Crippen LogP contribution in [-0.4, -0.2) is 147 Å². The van der Waals surface area contributed by atoms with Crippen LogP contribution >= 0.6 is 15.6 Å². The SMILES string of the molecule is CCCCCC/C=C\CCCC(=O)O[C@H](CCCCCCC)CCOC[C@@H](COP(=O)(O)OCCNC(=O)CC(=O)NCCOP(=O)(O)OC[C@H](COCC[C@@H](CCCCCCC)OC(=O)CCC/C=C\CCCCCC)NC(=O)CC(=O)CCCCCCCCCCC)NC(=O)CC(=O)CCCCCCCCCCC. The molecule has 0 aromatic heterocycles. The van der Waals surface area contributed by atoms with Gasteiger partial charge in [-0.2, -0.15) is 0 Å². The zero-order valence-electron chi connectivity index (χ0n) is 70.3. The van der Waals surface area contributed by atoms with Crippen molar-refractivity contribution >= 4 is 62.8 Å². The molecule has 0 heterocycles. The standard InChI is InChI=1S/C85H158N4O20P2/c1-7-13-19-25-29-33-37-43-47-53-76(90)67-82(94)88-74(70-102-63-59-78(55-49-41-23-17-11-5)108-84(96)57-51-45-39-35-31-27-21-15-9-3)72-106-110(98,99)104-65-61-86-80(92)69-81(93)87-62-66-105-111(100,101)107-73-75(89-83(95)68-77(91)54-48-44-38-34-30-26-20-14-8-2)71-103-64-60-79(56-50-42-24-18-12-6)109-85(97)58-52-46-40-36-32-28-22-16-10-4/h35-36,39-40,74-75,78-79H,7-34,37-38,41-73H2,1-6H3,(H,86,92)(H,87,93)(H,88,94)(H,89,95)(H,98,99)(H,100,101)/b39-35-,40-36-/t74-,75-,78+,79+/m0/s1. The molecule has 0 saturated carbocycles. The first-order valence-corrected chi connectivity index (χ1v) is 46.9.